The van der Waals surface area contributed by atoms with Gasteiger partial charge in [0.15, 0.2) is 0 Å². The topological polar surface area (TPSA) is 92.5 Å². The fraction of sp³-hybridized carbons (Fsp3) is 0.333. The summed E-state index contributed by atoms with van der Waals surface area (Å²) >= 11 is 0. The number of phenolic OH excluding ortho intramolecular Hbond substituents is 2. The van der Waals surface area contributed by atoms with Crippen molar-refractivity contribution in [3.05, 3.63) is 17.7 Å². The van der Waals surface area contributed by atoms with Gasteiger partial charge >= 0.3 is 0 Å². The Labute approximate surface area is 76.8 Å². The van der Waals surface area contributed by atoms with Crippen LogP contribution < -0.4 is 11.5 Å². The number of rotatable bonds is 1. The average Bonchev–Trinajstić information content (AvgIpc) is 1.94. The molecule has 0 radical (unpaired) electrons. The maximum absolute atomic E-state index is 9.46. The zero-order chi connectivity index (χ0) is 10.2. The Bertz CT molecular complexity index is 329. The number of aromatic hydroxyl groups is 2. The molecule has 0 spiro atoms. The Hall–Kier alpha value is -1.42. The summed E-state index contributed by atoms with van der Waals surface area (Å²) in [5, 5.41) is 18.6. The molecule has 0 fully saturated rings. The Morgan fingerprint density at radius 1 is 1.15 bits per heavy atom. The van der Waals surface area contributed by atoms with Gasteiger partial charge in [0.05, 0.1) is 5.69 Å². The van der Waals surface area contributed by atoms with Crippen LogP contribution in [0.3, 0.4) is 0 Å². The van der Waals surface area contributed by atoms with Crippen LogP contribution in [0.25, 0.3) is 0 Å². The maximum atomic E-state index is 9.46. The van der Waals surface area contributed by atoms with Crippen molar-refractivity contribution >= 4 is 5.69 Å². The van der Waals surface area contributed by atoms with E-state index in [9.17, 15) is 5.11 Å². The van der Waals surface area contributed by atoms with Gasteiger partial charge in [-0.1, -0.05) is 0 Å². The average molecular weight is 182 g/mol. The second-order valence-electron chi connectivity index (χ2n) is 3.65. The molecule has 0 aromatic heterocycles. The van der Waals surface area contributed by atoms with E-state index in [0.29, 0.717) is 5.56 Å². The highest BCUT2D eigenvalue weighted by Crippen LogP contribution is 2.34. The summed E-state index contributed by atoms with van der Waals surface area (Å²) in [6.07, 6.45) is 0. The summed E-state index contributed by atoms with van der Waals surface area (Å²) in [7, 11) is 0. The van der Waals surface area contributed by atoms with E-state index in [0.717, 1.165) is 0 Å². The number of hydrogen-bond donors (Lipinski definition) is 4. The number of benzene rings is 1. The largest absolute Gasteiger partial charge is 0.507 e. The van der Waals surface area contributed by atoms with E-state index in [2.05, 4.69) is 0 Å². The van der Waals surface area contributed by atoms with Crippen LogP contribution >= 0.6 is 0 Å². The summed E-state index contributed by atoms with van der Waals surface area (Å²) < 4.78 is 0. The fourth-order valence-corrected chi connectivity index (χ4v) is 1.11. The van der Waals surface area contributed by atoms with E-state index in [1.807, 2.05) is 0 Å². The first kappa shape index (κ1) is 9.67. The van der Waals surface area contributed by atoms with Crippen molar-refractivity contribution in [1.29, 1.82) is 0 Å². The molecule has 1 rings (SSSR count). The first-order chi connectivity index (χ1) is 5.82. The minimum absolute atomic E-state index is 0.0424. The monoisotopic (exact) mass is 182 g/mol. The summed E-state index contributed by atoms with van der Waals surface area (Å²) in [5.74, 6) is -0.176. The molecule has 0 saturated carbocycles. The summed E-state index contributed by atoms with van der Waals surface area (Å²) in [5.41, 5.74) is 11.3. The highest BCUT2D eigenvalue weighted by Gasteiger charge is 2.19. The van der Waals surface area contributed by atoms with Crippen LogP contribution in [0, 0.1) is 0 Å². The van der Waals surface area contributed by atoms with Gasteiger partial charge in [0, 0.05) is 17.2 Å². The Morgan fingerprint density at radius 2 is 1.69 bits per heavy atom. The summed E-state index contributed by atoms with van der Waals surface area (Å²) in [4.78, 5) is 0. The molecule has 0 heterocycles. The molecule has 72 valence electrons. The van der Waals surface area contributed by atoms with Gasteiger partial charge in [-0.2, -0.15) is 0 Å². The third-order valence-corrected chi connectivity index (χ3v) is 1.84. The molecule has 0 bridgehead atoms. The molecule has 0 aliphatic rings. The van der Waals surface area contributed by atoms with Crippen molar-refractivity contribution < 1.29 is 10.2 Å². The zero-order valence-corrected chi connectivity index (χ0v) is 7.70. The second-order valence-corrected chi connectivity index (χ2v) is 3.65. The van der Waals surface area contributed by atoms with Crippen molar-refractivity contribution in [3.8, 4) is 11.5 Å². The molecule has 1 aromatic carbocycles. The van der Waals surface area contributed by atoms with Crippen molar-refractivity contribution in [2.24, 2.45) is 5.73 Å². The normalized spacial score (nSPS) is 11.6. The smallest absolute Gasteiger partial charge is 0.142 e. The highest BCUT2D eigenvalue weighted by molar-refractivity contribution is 5.59. The van der Waals surface area contributed by atoms with Crippen molar-refractivity contribution in [1.82, 2.24) is 0 Å². The van der Waals surface area contributed by atoms with Crippen molar-refractivity contribution in [2.45, 2.75) is 19.4 Å². The molecule has 0 aliphatic carbocycles. The van der Waals surface area contributed by atoms with E-state index in [1.54, 1.807) is 13.8 Å². The summed E-state index contributed by atoms with van der Waals surface area (Å²) in [6.45, 7) is 3.50. The van der Waals surface area contributed by atoms with Gasteiger partial charge in [-0.15, -0.1) is 0 Å². The minimum atomic E-state index is -0.675. The molecule has 0 aliphatic heterocycles. The molecule has 0 saturated heterocycles. The zero-order valence-electron chi connectivity index (χ0n) is 7.70. The van der Waals surface area contributed by atoms with Gasteiger partial charge in [-0.25, -0.2) is 0 Å². The molecule has 4 heteroatoms. The summed E-state index contributed by atoms with van der Waals surface area (Å²) in [6, 6.07) is 2.67. The first-order valence-corrected chi connectivity index (χ1v) is 3.93. The van der Waals surface area contributed by atoms with Crippen molar-refractivity contribution in [3.63, 3.8) is 0 Å². The third kappa shape index (κ3) is 1.84. The van der Waals surface area contributed by atoms with E-state index < -0.39 is 5.54 Å². The first-order valence-electron chi connectivity index (χ1n) is 3.93. The van der Waals surface area contributed by atoms with Crippen LogP contribution in [0.4, 0.5) is 5.69 Å². The number of nitrogens with two attached hydrogens (primary N) is 2. The van der Waals surface area contributed by atoms with Gasteiger partial charge in [-0.05, 0) is 19.9 Å². The van der Waals surface area contributed by atoms with Crippen LogP contribution in [0.1, 0.15) is 19.4 Å². The quantitative estimate of drug-likeness (QED) is 0.294. The van der Waals surface area contributed by atoms with Crippen LogP contribution in [0.5, 0.6) is 11.5 Å². The van der Waals surface area contributed by atoms with Crippen molar-refractivity contribution in [2.75, 3.05) is 5.73 Å². The maximum Gasteiger partial charge on any atom is 0.142 e. The molecule has 4 nitrogen and oxygen atoms in total. The van der Waals surface area contributed by atoms with Crippen LogP contribution in [-0.4, -0.2) is 10.2 Å². The minimum Gasteiger partial charge on any atom is -0.507 e. The highest BCUT2D eigenvalue weighted by atomic mass is 16.3. The standard InChI is InChI=1S/C9H14N2O2/c1-9(2,11)5-3-6(10)8(13)4-7(5)12/h3-4,12-13H,10-11H2,1-2H3. The number of nitrogen functional groups attached to an aromatic ring is 1. The second kappa shape index (κ2) is 2.81. The molecule has 0 atom stereocenters. The molecule has 1 aromatic rings. The Morgan fingerprint density at radius 3 is 2.15 bits per heavy atom. The SMILES string of the molecule is CC(C)(N)c1cc(N)c(O)cc1O. The number of anilines is 1. The lowest BCUT2D eigenvalue weighted by molar-refractivity contribution is 0.428. The lowest BCUT2D eigenvalue weighted by Crippen LogP contribution is -2.28. The van der Waals surface area contributed by atoms with E-state index in [1.165, 1.54) is 12.1 Å². The van der Waals surface area contributed by atoms with Crippen LogP contribution in [0.2, 0.25) is 0 Å². The predicted octanol–water partition coefficient (Wildman–Crippen LogP) is 0.874. The lowest BCUT2D eigenvalue weighted by Gasteiger charge is -2.21. The van der Waals surface area contributed by atoms with Crippen LogP contribution in [0.15, 0.2) is 12.1 Å². The van der Waals surface area contributed by atoms with E-state index in [4.69, 9.17) is 16.6 Å². The Balaban J connectivity index is 3.32. The number of hydrogen-bond acceptors (Lipinski definition) is 4. The van der Waals surface area contributed by atoms with Gasteiger partial charge in [-0.3, -0.25) is 0 Å². The molecular weight excluding hydrogens is 168 g/mol. The fourth-order valence-electron chi connectivity index (χ4n) is 1.11. The van der Waals surface area contributed by atoms with E-state index >= 15 is 0 Å². The van der Waals surface area contributed by atoms with Gasteiger partial charge < -0.3 is 21.7 Å². The van der Waals surface area contributed by atoms with Gasteiger partial charge in [0.25, 0.3) is 0 Å². The lowest BCUT2D eigenvalue weighted by atomic mass is 9.94. The van der Waals surface area contributed by atoms with Gasteiger partial charge in [0.1, 0.15) is 11.5 Å². The predicted molar refractivity (Wildman–Crippen MR) is 51.4 cm³/mol. The third-order valence-electron chi connectivity index (χ3n) is 1.84. The number of phenols is 2. The molecular formula is C9H14N2O2. The molecule has 0 amide bonds. The Kier molecular flexibility index (Phi) is 2.09. The van der Waals surface area contributed by atoms with Crippen LogP contribution in [-0.2, 0) is 5.54 Å². The molecule has 13 heavy (non-hydrogen) atoms. The molecule has 0 unspecified atom stereocenters. The van der Waals surface area contributed by atoms with E-state index in [-0.39, 0.29) is 17.2 Å². The molecule has 6 N–H and O–H groups in total. The van der Waals surface area contributed by atoms with Gasteiger partial charge in [0.2, 0.25) is 0 Å².